The van der Waals surface area contributed by atoms with Crippen molar-refractivity contribution in [3.05, 3.63) is 139 Å². The minimum Gasteiger partial charge on any atom is -0.501 e. The molecule has 0 unspecified atom stereocenters. The van der Waals surface area contributed by atoms with Gasteiger partial charge < -0.3 is 9.40 Å². The summed E-state index contributed by atoms with van der Waals surface area (Å²) in [5.74, 6) is 7.83. The quantitative estimate of drug-likeness (QED) is 0.128. The van der Waals surface area contributed by atoms with Gasteiger partial charge in [0.15, 0.2) is 0 Å². The molecule has 3 nitrogen and oxygen atoms in total. The van der Waals surface area contributed by atoms with Crippen LogP contribution in [0.4, 0.5) is 0 Å². The molecule has 0 aliphatic heterocycles. The molecule has 0 saturated heterocycles. The largest absolute Gasteiger partial charge is 0.501 e. The van der Waals surface area contributed by atoms with Crippen molar-refractivity contribution in [3.8, 4) is 33.6 Å². The molecule has 3 aromatic heterocycles. The van der Waals surface area contributed by atoms with Gasteiger partial charge in [0, 0.05) is 31.7 Å². The maximum Gasteiger partial charge on any atom is 0.121 e. The number of hydrogen-bond acceptors (Lipinski definition) is 3. The van der Waals surface area contributed by atoms with Crippen LogP contribution in [0.15, 0.2) is 120 Å². The minimum atomic E-state index is -1.85. The van der Waals surface area contributed by atoms with E-state index in [-0.39, 0.29) is 20.1 Å². The molecule has 0 fully saturated rings. The van der Waals surface area contributed by atoms with Gasteiger partial charge in [-0.15, -0.1) is 18.2 Å². The Morgan fingerprint density at radius 3 is 2.24 bits per heavy atom. The van der Waals surface area contributed by atoms with E-state index in [1.165, 1.54) is 26.6 Å². The molecule has 0 saturated carbocycles. The fraction of sp³-hybridized carbons (Fsp3) is 0.171. The summed E-state index contributed by atoms with van der Waals surface area (Å²) in [7, 11) is 0. The van der Waals surface area contributed by atoms with Crippen LogP contribution in [0.1, 0.15) is 30.9 Å². The molecule has 5 heteroatoms. The molecule has 0 atom stereocenters. The van der Waals surface area contributed by atoms with Crippen molar-refractivity contribution in [2.75, 3.05) is 0 Å². The standard InChI is InChI=1S/C24H16NO.C17H22GeN.Ir/c1-16-13-14-25-21(15-16)19-10-5-11-20-23-18(17-7-3-2-4-8-17)9-6-12-22(23)26-24(19)20;1-13(2)15-11-17(14-9-7-6-8-10-14)19-12-16(15)18(3,4)5;/h2-9,11-15H,1H3;6-9,11-13H,1-5H3;/q2*-1;. The smallest absolute Gasteiger partial charge is 0.121 e. The average Bonchev–Trinajstić information content (AvgIpc) is 3.44. The summed E-state index contributed by atoms with van der Waals surface area (Å²) in [5, 5.41) is 2.23. The number of aryl methyl sites for hydroxylation is 1. The van der Waals surface area contributed by atoms with Crippen LogP contribution in [0.2, 0.25) is 17.3 Å². The van der Waals surface area contributed by atoms with E-state index in [0.29, 0.717) is 5.92 Å². The van der Waals surface area contributed by atoms with Crippen molar-refractivity contribution in [1.29, 1.82) is 0 Å². The zero-order valence-corrected chi connectivity index (χ0v) is 31.7. The average molecular weight is 840 g/mol. The van der Waals surface area contributed by atoms with E-state index in [1.54, 1.807) is 0 Å². The first-order valence-corrected chi connectivity index (χ1v) is 22.9. The van der Waals surface area contributed by atoms with Crippen LogP contribution >= 0.6 is 0 Å². The molecule has 1 radical (unpaired) electrons. The Kier molecular flexibility index (Phi) is 10.4. The summed E-state index contributed by atoms with van der Waals surface area (Å²) in [4.78, 5) is 9.19. The number of benzene rings is 4. The van der Waals surface area contributed by atoms with Crippen LogP contribution in [-0.2, 0) is 20.1 Å². The van der Waals surface area contributed by atoms with Crippen LogP contribution in [0, 0.1) is 19.1 Å². The number of fused-ring (bicyclic) bond motifs is 3. The van der Waals surface area contributed by atoms with Crippen LogP contribution in [0.3, 0.4) is 0 Å². The van der Waals surface area contributed by atoms with Gasteiger partial charge in [0.25, 0.3) is 0 Å². The van der Waals surface area contributed by atoms with E-state index >= 15 is 0 Å². The van der Waals surface area contributed by atoms with E-state index < -0.39 is 13.3 Å². The second-order valence-corrected chi connectivity index (χ2v) is 23.4. The SMILES string of the molecule is CC(C)c1cc(-c2[c-]cccc2)nc[c]1[Ge]([CH3])([CH3])[CH3].Cc1ccnc(-c2[c-]ccc3c2oc2cccc(-c4ccccc4)c23)c1.[Ir]. The van der Waals surface area contributed by atoms with Crippen LogP contribution in [0.5, 0.6) is 0 Å². The number of aromatic nitrogens is 2. The summed E-state index contributed by atoms with van der Waals surface area (Å²) >= 11 is -1.85. The van der Waals surface area contributed by atoms with E-state index in [9.17, 15) is 0 Å². The Balaban J connectivity index is 0.000000187. The Morgan fingerprint density at radius 2 is 1.54 bits per heavy atom. The fourth-order valence-corrected chi connectivity index (χ4v) is 9.31. The minimum absolute atomic E-state index is 0. The molecule has 0 spiro atoms. The third-order valence-corrected chi connectivity index (χ3v) is 12.3. The first kappa shape index (κ1) is 33.5. The molecular weight excluding hydrogens is 801 g/mol. The number of furan rings is 1. The topological polar surface area (TPSA) is 38.9 Å². The first-order valence-electron chi connectivity index (χ1n) is 15.5. The molecule has 0 bridgehead atoms. The molecule has 233 valence electrons. The summed E-state index contributed by atoms with van der Waals surface area (Å²) < 4.78 is 7.79. The molecule has 7 aromatic rings. The summed E-state index contributed by atoms with van der Waals surface area (Å²) in [6.45, 7) is 6.61. The maximum atomic E-state index is 6.27. The molecule has 0 aliphatic carbocycles. The Hall–Kier alpha value is -3.83. The normalized spacial score (nSPS) is 11.3. The van der Waals surface area contributed by atoms with E-state index in [2.05, 4.69) is 121 Å². The van der Waals surface area contributed by atoms with Crippen molar-refractivity contribution in [3.63, 3.8) is 0 Å². The number of rotatable bonds is 5. The van der Waals surface area contributed by atoms with E-state index in [0.717, 1.165) is 44.5 Å². The molecule has 3 heterocycles. The van der Waals surface area contributed by atoms with Gasteiger partial charge in [-0.2, -0.15) is 0 Å². The third kappa shape index (κ3) is 7.10. The van der Waals surface area contributed by atoms with Gasteiger partial charge in [-0.1, -0.05) is 65.0 Å². The van der Waals surface area contributed by atoms with Crippen LogP contribution in [-0.4, -0.2) is 23.2 Å². The zero-order chi connectivity index (χ0) is 31.6. The van der Waals surface area contributed by atoms with Gasteiger partial charge >= 0.3 is 119 Å². The molecule has 7 rings (SSSR count). The second kappa shape index (κ2) is 14.3. The van der Waals surface area contributed by atoms with Gasteiger partial charge in [-0.3, -0.25) is 0 Å². The van der Waals surface area contributed by atoms with Gasteiger partial charge in [-0.05, 0) is 35.9 Å². The maximum absolute atomic E-state index is 6.27. The van der Waals surface area contributed by atoms with Crippen molar-refractivity contribution in [2.24, 2.45) is 0 Å². The summed E-state index contributed by atoms with van der Waals surface area (Å²) in [6.07, 6.45) is 3.95. The molecule has 0 amide bonds. The molecule has 0 N–H and O–H groups in total. The van der Waals surface area contributed by atoms with E-state index in [1.807, 2.05) is 54.7 Å². The fourth-order valence-electron chi connectivity index (χ4n) is 5.79. The third-order valence-electron chi connectivity index (χ3n) is 8.06. The van der Waals surface area contributed by atoms with Crippen LogP contribution in [0.25, 0.3) is 55.6 Å². The number of hydrogen-bond donors (Lipinski definition) is 0. The first-order chi connectivity index (χ1) is 21.7. The number of pyridine rings is 2. The predicted octanol–water partition coefficient (Wildman–Crippen LogP) is 10.6. The van der Waals surface area contributed by atoms with Gasteiger partial charge in [0.05, 0.1) is 5.58 Å². The van der Waals surface area contributed by atoms with Crippen molar-refractivity contribution < 1.29 is 24.5 Å². The summed E-state index contributed by atoms with van der Waals surface area (Å²) in [6, 6.07) is 41.6. The zero-order valence-electron chi connectivity index (χ0n) is 27.2. The Labute approximate surface area is 288 Å². The van der Waals surface area contributed by atoms with Gasteiger partial charge in [0.2, 0.25) is 0 Å². The molecule has 4 aromatic carbocycles. The molecular formula is C41H38GeIrN2O-2. The van der Waals surface area contributed by atoms with Crippen molar-refractivity contribution in [2.45, 2.75) is 44.0 Å². The molecule has 46 heavy (non-hydrogen) atoms. The Bertz CT molecular complexity index is 2080. The summed E-state index contributed by atoms with van der Waals surface area (Å²) in [5.41, 5.74) is 10.6. The molecule has 0 aliphatic rings. The Morgan fingerprint density at radius 1 is 0.761 bits per heavy atom. The van der Waals surface area contributed by atoms with Crippen molar-refractivity contribution >= 4 is 39.6 Å². The van der Waals surface area contributed by atoms with Gasteiger partial charge in [0.1, 0.15) is 5.58 Å². The predicted molar refractivity (Wildman–Crippen MR) is 192 cm³/mol. The van der Waals surface area contributed by atoms with Gasteiger partial charge in [-0.25, -0.2) is 0 Å². The number of nitrogens with zero attached hydrogens (tertiary/aromatic N) is 2. The van der Waals surface area contributed by atoms with Crippen LogP contribution < -0.4 is 4.40 Å². The van der Waals surface area contributed by atoms with E-state index in [4.69, 9.17) is 4.42 Å². The second-order valence-electron chi connectivity index (χ2n) is 12.8. The monoisotopic (exact) mass is 841 g/mol. The van der Waals surface area contributed by atoms with Crippen molar-refractivity contribution in [1.82, 2.24) is 9.97 Å².